The van der Waals surface area contributed by atoms with E-state index in [0.29, 0.717) is 30.0 Å². The van der Waals surface area contributed by atoms with Crippen LogP contribution in [-0.4, -0.2) is 51.2 Å². The maximum Gasteiger partial charge on any atom is 0.312 e. The number of likely N-dealkylation sites (tertiary alicyclic amines) is 1. The molecule has 0 saturated carbocycles. The van der Waals surface area contributed by atoms with Crippen LogP contribution in [0.25, 0.3) is 0 Å². The fourth-order valence-corrected chi connectivity index (χ4v) is 4.02. The predicted octanol–water partition coefficient (Wildman–Crippen LogP) is 1.84. The molecule has 2 atom stereocenters. The van der Waals surface area contributed by atoms with Gasteiger partial charge in [0.15, 0.2) is 0 Å². The summed E-state index contributed by atoms with van der Waals surface area (Å²) in [5, 5.41) is 20.7. The van der Waals surface area contributed by atoms with Gasteiger partial charge in [-0.05, 0) is 26.7 Å². The molecule has 2 rings (SSSR count). The molecule has 1 aliphatic rings. The first-order valence-electron chi connectivity index (χ1n) is 7.46. The first kappa shape index (κ1) is 16.9. The number of carboxylic acid groups (broad SMARTS) is 1. The van der Waals surface area contributed by atoms with Gasteiger partial charge in [0, 0.05) is 13.1 Å². The summed E-state index contributed by atoms with van der Waals surface area (Å²) >= 11 is 1.33. The molecule has 2 heterocycles. The third-order valence-corrected chi connectivity index (χ3v) is 5.43. The Labute approximate surface area is 133 Å². The summed E-state index contributed by atoms with van der Waals surface area (Å²) in [4.78, 5) is 30.5. The molecule has 0 spiro atoms. The molecular formula is C15H22N2O4S. The number of carboxylic acids is 1. The molecule has 0 radical (unpaired) electrons. The van der Waals surface area contributed by atoms with E-state index in [-0.39, 0.29) is 18.9 Å². The van der Waals surface area contributed by atoms with Gasteiger partial charge in [0.1, 0.15) is 4.88 Å². The monoisotopic (exact) mass is 326 g/mol. The highest BCUT2D eigenvalue weighted by atomic mass is 32.1. The highest BCUT2D eigenvalue weighted by molar-refractivity contribution is 7.13. The third kappa shape index (κ3) is 2.87. The number of carbonyl (C=O) groups excluding carboxylic acids is 1. The van der Waals surface area contributed by atoms with Crippen molar-refractivity contribution in [2.45, 2.75) is 46.1 Å². The minimum absolute atomic E-state index is 0.0571. The zero-order valence-corrected chi connectivity index (χ0v) is 13.9. The van der Waals surface area contributed by atoms with Crippen LogP contribution in [0.5, 0.6) is 0 Å². The van der Waals surface area contributed by atoms with Gasteiger partial charge in [-0.15, -0.1) is 11.3 Å². The average Bonchev–Trinajstić information content (AvgIpc) is 2.79. The Morgan fingerprint density at radius 3 is 2.59 bits per heavy atom. The zero-order valence-electron chi connectivity index (χ0n) is 13.1. The van der Waals surface area contributed by atoms with Crippen LogP contribution in [0.15, 0.2) is 0 Å². The van der Waals surface area contributed by atoms with Gasteiger partial charge in [-0.1, -0.05) is 13.3 Å². The van der Waals surface area contributed by atoms with E-state index in [0.717, 1.165) is 5.01 Å². The third-order valence-electron chi connectivity index (χ3n) is 4.37. The number of aryl methyl sites for hydroxylation is 2. The minimum Gasteiger partial charge on any atom is -0.481 e. The molecule has 7 heteroatoms. The smallest absolute Gasteiger partial charge is 0.312 e. The maximum absolute atomic E-state index is 12.6. The van der Waals surface area contributed by atoms with Crippen LogP contribution in [0, 0.1) is 19.3 Å². The molecule has 2 N–H and O–H groups in total. The van der Waals surface area contributed by atoms with Gasteiger partial charge in [-0.2, -0.15) is 0 Å². The number of β-amino-alcohol motifs (C(OH)–C–C–N with tert-alkyl or cyclic N) is 1. The quantitative estimate of drug-likeness (QED) is 0.881. The Bertz CT molecular complexity index is 586. The van der Waals surface area contributed by atoms with E-state index in [1.165, 1.54) is 11.3 Å². The molecule has 0 aromatic carbocycles. The molecule has 0 aliphatic carbocycles. The number of carbonyl (C=O) groups is 2. The van der Waals surface area contributed by atoms with Crippen LogP contribution in [0.3, 0.4) is 0 Å². The highest BCUT2D eigenvalue weighted by Gasteiger charge is 2.48. The molecular weight excluding hydrogens is 304 g/mol. The molecule has 1 aromatic rings. The first-order chi connectivity index (χ1) is 10.3. The molecule has 122 valence electrons. The minimum atomic E-state index is -1.13. The highest BCUT2D eigenvalue weighted by Crippen LogP contribution is 2.37. The Kier molecular flexibility index (Phi) is 4.87. The van der Waals surface area contributed by atoms with E-state index in [1.807, 2.05) is 13.8 Å². The van der Waals surface area contributed by atoms with Crippen molar-refractivity contribution in [1.82, 2.24) is 9.88 Å². The van der Waals surface area contributed by atoms with Crippen molar-refractivity contribution in [3.63, 3.8) is 0 Å². The molecule has 1 aliphatic heterocycles. The number of aliphatic carboxylic acids is 1. The second kappa shape index (κ2) is 6.34. The topological polar surface area (TPSA) is 90.7 Å². The van der Waals surface area contributed by atoms with Crippen molar-refractivity contribution < 1.29 is 19.8 Å². The fourth-order valence-electron chi connectivity index (χ4n) is 3.13. The van der Waals surface area contributed by atoms with Crippen molar-refractivity contribution in [2.24, 2.45) is 5.41 Å². The van der Waals surface area contributed by atoms with Gasteiger partial charge >= 0.3 is 5.97 Å². The van der Waals surface area contributed by atoms with Crippen molar-refractivity contribution in [2.75, 3.05) is 13.1 Å². The Balaban J connectivity index is 2.17. The van der Waals surface area contributed by atoms with E-state index < -0.39 is 17.5 Å². The first-order valence-corrected chi connectivity index (χ1v) is 8.28. The number of hydrogen-bond donors (Lipinski definition) is 2. The van der Waals surface area contributed by atoms with Gasteiger partial charge in [0.25, 0.3) is 5.91 Å². The van der Waals surface area contributed by atoms with E-state index in [9.17, 15) is 19.8 Å². The molecule has 1 aromatic heterocycles. The fraction of sp³-hybridized carbons (Fsp3) is 0.667. The lowest BCUT2D eigenvalue weighted by atomic mass is 9.73. The Hall–Kier alpha value is -1.47. The van der Waals surface area contributed by atoms with Gasteiger partial charge in [-0.3, -0.25) is 9.59 Å². The largest absolute Gasteiger partial charge is 0.481 e. The van der Waals surface area contributed by atoms with Crippen LogP contribution in [-0.2, 0) is 4.79 Å². The second-order valence-corrected chi connectivity index (χ2v) is 7.08. The number of aliphatic hydroxyl groups excluding tert-OH is 1. The van der Waals surface area contributed by atoms with Crippen molar-refractivity contribution in [3.8, 4) is 0 Å². The second-order valence-electron chi connectivity index (χ2n) is 5.88. The lowest BCUT2D eigenvalue weighted by Crippen LogP contribution is -2.56. The number of piperidine rings is 1. The van der Waals surface area contributed by atoms with Crippen LogP contribution in [0.1, 0.15) is 46.6 Å². The summed E-state index contributed by atoms with van der Waals surface area (Å²) < 4.78 is 0. The summed E-state index contributed by atoms with van der Waals surface area (Å²) in [6.45, 7) is 5.93. The molecule has 1 amide bonds. The molecule has 1 saturated heterocycles. The molecule has 0 unspecified atom stereocenters. The number of aliphatic hydroxyl groups is 1. The van der Waals surface area contributed by atoms with E-state index in [2.05, 4.69) is 4.98 Å². The molecule has 6 nitrogen and oxygen atoms in total. The summed E-state index contributed by atoms with van der Waals surface area (Å²) in [5.41, 5.74) is -0.449. The number of nitrogens with zero attached hydrogens (tertiary/aromatic N) is 2. The van der Waals surface area contributed by atoms with E-state index in [1.54, 1.807) is 11.8 Å². The zero-order chi connectivity index (χ0) is 16.5. The summed E-state index contributed by atoms with van der Waals surface area (Å²) in [7, 11) is 0. The average molecular weight is 326 g/mol. The summed E-state index contributed by atoms with van der Waals surface area (Å²) in [5.74, 6) is -1.14. The lowest BCUT2D eigenvalue weighted by Gasteiger charge is -2.42. The molecule has 1 fully saturated rings. The number of aromatic nitrogens is 1. The van der Waals surface area contributed by atoms with Crippen LogP contribution >= 0.6 is 11.3 Å². The maximum atomic E-state index is 12.6. The van der Waals surface area contributed by atoms with Crippen LogP contribution in [0.2, 0.25) is 0 Å². The summed E-state index contributed by atoms with van der Waals surface area (Å²) in [6.07, 6.45) is 0.339. The van der Waals surface area contributed by atoms with Crippen molar-refractivity contribution >= 4 is 23.2 Å². The number of thiazole rings is 1. The van der Waals surface area contributed by atoms with Crippen LogP contribution in [0.4, 0.5) is 0 Å². The van der Waals surface area contributed by atoms with Crippen molar-refractivity contribution in [1.29, 1.82) is 0 Å². The number of hydrogen-bond acceptors (Lipinski definition) is 5. The predicted molar refractivity (Wildman–Crippen MR) is 83.1 cm³/mol. The van der Waals surface area contributed by atoms with Crippen LogP contribution < -0.4 is 0 Å². The van der Waals surface area contributed by atoms with Gasteiger partial charge in [0.05, 0.1) is 22.2 Å². The Morgan fingerprint density at radius 2 is 2.14 bits per heavy atom. The number of rotatable bonds is 4. The molecule has 22 heavy (non-hydrogen) atoms. The molecule has 0 bridgehead atoms. The SMILES string of the molecule is CCC[C@]1(C(=O)O)CCN(C(=O)c2sc(C)nc2C)C[C@H]1O. The Morgan fingerprint density at radius 1 is 1.45 bits per heavy atom. The van der Waals surface area contributed by atoms with Crippen molar-refractivity contribution in [3.05, 3.63) is 15.6 Å². The standard InChI is InChI=1S/C15H22N2O4S/c1-4-5-15(14(20)21)6-7-17(8-11(15)18)13(19)12-9(2)16-10(3)22-12/h11,18H,4-8H2,1-3H3,(H,20,21)/t11-,15+/m1/s1. The van der Waals surface area contributed by atoms with E-state index in [4.69, 9.17) is 0 Å². The van der Waals surface area contributed by atoms with Gasteiger partial charge < -0.3 is 15.1 Å². The van der Waals surface area contributed by atoms with Gasteiger partial charge in [0.2, 0.25) is 0 Å². The number of amides is 1. The van der Waals surface area contributed by atoms with Gasteiger partial charge in [-0.25, -0.2) is 4.98 Å². The summed E-state index contributed by atoms with van der Waals surface area (Å²) in [6, 6.07) is 0. The normalized spacial score (nSPS) is 25.3. The van der Waals surface area contributed by atoms with E-state index >= 15 is 0 Å². The lowest BCUT2D eigenvalue weighted by molar-refractivity contribution is -0.162.